The Balaban J connectivity index is 1.53. The van der Waals surface area contributed by atoms with Crippen molar-refractivity contribution >= 4 is 11.9 Å². The van der Waals surface area contributed by atoms with Crippen LogP contribution in [0.2, 0.25) is 0 Å². The Morgan fingerprint density at radius 3 is 2.66 bits per heavy atom. The lowest BCUT2D eigenvalue weighted by molar-refractivity contribution is 0.0949. The summed E-state index contributed by atoms with van der Waals surface area (Å²) in [6, 6.07) is 11.1. The van der Waals surface area contributed by atoms with Crippen molar-refractivity contribution in [1.29, 1.82) is 0 Å². The number of amides is 1. The van der Waals surface area contributed by atoms with E-state index in [1.165, 1.54) is 0 Å². The van der Waals surface area contributed by atoms with E-state index in [4.69, 9.17) is 9.47 Å². The van der Waals surface area contributed by atoms with Crippen LogP contribution < -0.4 is 20.1 Å². The van der Waals surface area contributed by atoms with Crippen LogP contribution >= 0.6 is 0 Å². The minimum absolute atomic E-state index is 0.252. The maximum atomic E-state index is 12.4. The Kier molecular flexibility index (Phi) is 6.94. The predicted octanol–water partition coefficient (Wildman–Crippen LogP) is 2.47. The molecule has 1 amide bonds. The first-order chi connectivity index (χ1) is 14.2. The van der Waals surface area contributed by atoms with E-state index in [9.17, 15) is 4.79 Å². The van der Waals surface area contributed by atoms with Crippen LogP contribution in [-0.2, 0) is 13.0 Å². The zero-order chi connectivity index (χ0) is 20.5. The minimum atomic E-state index is -0.252. The van der Waals surface area contributed by atoms with Crippen molar-refractivity contribution in [2.45, 2.75) is 13.0 Å². The molecule has 0 bridgehead atoms. The number of pyridine rings is 1. The monoisotopic (exact) mass is 393 g/mol. The van der Waals surface area contributed by atoms with E-state index in [-0.39, 0.29) is 5.91 Å². The van der Waals surface area contributed by atoms with Crippen molar-refractivity contribution in [2.75, 3.05) is 26.1 Å². The van der Waals surface area contributed by atoms with Crippen LogP contribution in [0.1, 0.15) is 21.6 Å². The molecule has 8 heteroatoms. The van der Waals surface area contributed by atoms with Crippen LogP contribution in [0, 0.1) is 0 Å². The molecule has 3 aromatic rings. The molecule has 0 fully saturated rings. The number of methoxy groups -OCH3 is 2. The van der Waals surface area contributed by atoms with Crippen molar-refractivity contribution in [3.63, 3.8) is 0 Å². The van der Waals surface area contributed by atoms with Crippen molar-refractivity contribution < 1.29 is 14.3 Å². The summed E-state index contributed by atoms with van der Waals surface area (Å²) in [6.07, 6.45) is 5.69. The fraction of sp³-hybridized carbons (Fsp3) is 0.238. The third-order valence-corrected chi connectivity index (χ3v) is 4.21. The average molecular weight is 393 g/mol. The molecule has 0 saturated heterocycles. The Hall–Kier alpha value is -3.68. The third kappa shape index (κ3) is 5.65. The van der Waals surface area contributed by atoms with Gasteiger partial charge in [-0.15, -0.1) is 0 Å². The van der Waals surface area contributed by atoms with Gasteiger partial charge in [-0.25, -0.2) is 9.97 Å². The van der Waals surface area contributed by atoms with E-state index in [1.807, 2.05) is 30.3 Å². The molecule has 0 atom stereocenters. The topological polar surface area (TPSA) is 98.3 Å². The first-order valence-electron chi connectivity index (χ1n) is 9.14. The van der Waals surface area contributed by atoms with E-state index >= 15 is 0 Å². The van der Waals surface area contributed by atoms with Crippen LogP contribution in [0.25, 0.3) is 0 Å². The van der Waals surface area contributed by atoms with Gasteiger partial charge < -0.3 is 20.1 Å². The van der Waals surface area contributed by atoms with E-state index < -0.39 is 0 Å². The quantitative estimate of drug-likeness (QED) is 0.576. The highest BCUT2D eigenvalue weighted by Gasteiger charge is 2.09. The number of nitrogens with zero attached hydrogens (tertiary/aromatic N) is 3. The second kappa shape index (κ2) is 10.0. The number of aromatic nitrogens is 3. The molecule has 3 rings (SSSR count). The number of hydrogen-bond acceptors (Lipinski definition) is 7. The minimum Gasteiger partial charge on any atom is -0.493 e. The number of anilines is 1. The first kappa shape index (κ1) is 20.1. The lowest BCUT2D eigenvalue weighted by atomic mass is 10.1. The number of carbonyl (C=O) groups excluding carboxylic acids is 1. The van der Waals surface area contributed by atoms with Gasteiger partial charge in [-0.3, -0.25) is 9.78 Å². The van der Waals surface area contributed by atoms with E-state index in [0.29, 0.717) is 42.7 Å². The molecule has 0 aliphatic carbocycles. The van der Waals surface area contributed by atoms with Crippen LogP contribution in [0.15, 0.2) is 55.0 Å². The van der Waals surface area contributed by atoms with Crippen LogP contribution in [0.5, 0.6) is 11.5 Å². The number of nitrogens with one attached hydrogen (secondary N) is 2. The van der Waals surface area contributed by atoms with Gasteiger partial charge in [0.05, 0.1) is 14.2 Å². The summed E-state index contributed by atoms with van der Waals surface area (Å²) in [6.45, 7) is 0.995. The summed E-state index contributed by atoms with van der Waals surface area (Å²) in [5, 5.41) is 5.97. The Bertz CT molecular complexity index is 950. The lowest BCUT2D eigenvalue weighted by Crippen LogP contribution is -2.26. The molecule has 2 N–H and O–H groups in total. The molecule has 0 saturated carbocycles. The van der Waals surface area contributed by atoms with Crippen LogP contribution in [0.3, 0.4) is 0 Å². The molecule has 150 valence electrons. The van der Waals surface area contributed by atoms with Crippen molar-refractivity contribution in [3.8, 4) is 11.5 Å². The van der Waals surface area contributed by atoms with Gasteiger partial charge in [-0.05, 0) is 41.8 Å². The van der Waals surface area contributed by atoms with E-state index in [2.05, 4.69) is 25.6 Å². The standard InChI is InChI=1S/C21H23N5O3/c1-28-18-6-5-15(12-19(18)29-2)7-10-23-20(27)17-8-11-24-21(26-17)25-14-16-4-3-9-22-13-16/h3-6,8-9,11-13H,7,10,14H2,1-2H3,(H,23,27)(H,24,25,26). The fourth-order valence-electron chi connectivity index (χ4n) is 2.70. The molecular weight excluding hydrogens is 370 g/mol. The molecule has 29 heavy (non-hydrogen) atoms. The SMILES string of the molecule is COc1ccc(CCNC(=O)c2ccnc(NCc3cccnc3)n2)cc1OC. The summed E-state index contributed by atoms with van der Waals surface area (Å²) >= 11 is 0. The van der Waals surface area contributed by atoms with E-state index in [1.54, 1.807) is 38.9 Å². The predicted molar refractivity (Wildman–Crippen MR) is 109 cm³/mol. The van der Waals surface area contributed by atoms with Gasteiger partial charge in [0, 0.05) is 31.7 Å². The molecule has 0 spiro atoms. The highest BCUT2D eigenvalue weighted by atomic mass is 16.5. The summed E-state index contributed by atoms with van der Waals surface area (Å²) in [7, 11) is 3.19. The molecule has 0 radical (unpaired) electrons. The molecule has 2 aromatic heterocycles. The summed E-state index contributed by atoms with van der Waals surface area (Å²) < 4.78 is 10.5. The van der Waals surface area contributed by atoms with Gasteiger partial charge in [-0.1, -0.05) is 12.1 Å². The Labute approximate surface area is 169 Å². The van der Waals surface area contributed by atoms with Gasteiger partial charge in [0.2, 0.25) is 5.95 Å². The summed E-state index contributed by atoms with van der Waals surface area (Å²) in [5.41, 5.74) is 2.34. The zero-order valence-corrected chi connectivity index (χ0v) is 16.4. The van der Waals surface area contributed by atoms with Crippen molar-refractivity contribution in [3.05, 3.63) is 71.8 Å². The fourth-order valence-corrected chi connectivity index (χ4v) is 2.70. The molecule has 8 nitrogen and oxygen atoms in total. The zero-order valence-electron chi connectivity index (χ0n) is 16.4. The second-order valence-corrected chi connectivity index (χ2v) is 6.18. The van der Waals surface area contributed by atoms with E-state index in [0.717, 1.165) is 11.1 Å². The molecule has 2 heterocycles. The average Bonchev–Trinajstić information content (AvgIpc) is 2.78. The van der Waals surface area contributed by atoms with Crippen molar-refractivity contribution in [1.82, 2.24) is 20.3 Å². The summed E-state index contributed by atoms with van der Waals surface area (Å²) in [4.78, 5) is 24.9. The number of benzene rings is 1. The number of carbonyl (C=O) groups is 1. The van der Waals surface area contributed by atoms with Crippen molar-refractivity contribution in [2.24, 2.45) is 0 Å². The number of rotatable bonds is 9. The molecular formula is C21H23N5O3. The Morgan fingerprint density at radius 2 is 1.90 bits per heavy atom. The number of ether oxygens (including phenoxy) is 2. The van der Waals surface area contributed by atoms with Gasteiger partial charge in [0.25, 0.3) is 5.91 Å². The molecule has 0 unspecified atom stereocenters. The number of hydrogen-bond donors (Lipinski definition) is 2. The molecule has 0 aliphatic heterocycles. The van der Waals surface area contributed by atoms with Gasteiger partial charge >= 0.3 is 0 Å². The smallest absolute Gasteiger partial charge is 0.270 e. The Morgan fingerprint density at radius 1 is 1.03 bits per heavy atom. The highest BCUT2D eigenvalue weighted by molar-refractivity contribution is 5.92. The van der Waals surface area contributed by atoms with Gasteiger partial charge in [-0.2, -0.15) is 0 Å². The molecule has 1 aromatic carbocycles. The maximum absolute atomic E-state index is 12.4. The third-order valence-electron chi connectivity index (χ3n) is 4.21. The maximum Gasteiger partial charge on any atom is 0.270 e. The summed E-state index contributed by atoms with van der Waals surface area (Å²) in [5.74, 6) is 1.47. The van der Waals surface area contributed by atoms with Crippen LogP contribution in [0.4, 0.5) is 5.95 Å². The lowest BCUT2D eigenvalue weighted by Gasteiger charge is -2.10. The normalized spacial score (nSPS) is 10.3. The van der Waals surface area contributed by atoms with Gasteiger partial charge in [0.1, 0.15) is 5.69 Å². The largest absolute Gasteiger partial charge is 0.493 e. The van der Waals surface area contributed by atoms with Gasteiger partial charge in [0.15, 0.2) is 11.5 Å². The highest BCUT2D eigenvalue weighted by Crippen LogP contribution is 2.27. The molecule has 0 aliphatic rings. The van der Waals surface area contributed by atoms with Crippen LogP contribution in [-0.4, -0.2) is 41.6 Å². The first-order valence-corrected chi connectivity index (χ1v) is 9.14. The second-order valence-electron chi connectivity index (χ2n) is 6.18.